The molecule has 1 aromatic carbocycles. The second-order valence-corrected chi connectivity index (χ2v) is 8.26. The number of hydrogen-bond donors (Lipinski definition) is 1. The van der Waals surface area contributed by atoms with E-state index in [1.165, 1.54) is 0 Å². The van der Waals surface area contributed by atoms with Crippen LogP contribution in [0, 0.1) is 11.8 Å². The third-order valence-corrected chi connectivity index (χ3v) is 4.68. The van der Waals surface area contributed by atoms with Gasteiger partial charge in [-0.3, -0.25) is 9.59 Å². The molecule has 2 amide bonds. The lowest BCUT2D eigenvalue weighted by atomic mass is 10.1. The fourth-order valence-electron chi connectivity index (χ4n) is 3.00. The molecule has 0 spiro atoms. The SMILES string of the molecule is CCC(C)N(Cc1cc(NC(=O)CC(C)C)ccc1N(C)C)C(=O)C(C)C. The Bertz CT molecular complexity index is 638. The lowest BCUT2D eigenvalue weighted by Gasteiger charge is -2.32. The molecule has 0 aliphatic rings. The minimum absolute atomic E-state index is 0.0191. The summed E-state index contributed by atoms with van der Waals surface area (Å²) in [5.74, 6) is 0.444. The fourth-order valence-corrected chi connectivity index (χ4v) is 3.00. The number of carbonyl (C=O) groups excluding carboxylic acids is 2. The second kappa shape index (κ2) is 10.3. The van der Waals surface area contributed by atoms with E-state index in [4.69, 9.17) is 0 Å². The van der Waals surface area contributed by atoms with Crippen molar-refractivity contribution in [1.82, 2.24) is 4.90 Å². The van der Waals surface area contributed by atoms with Gasteiger partial charge in [0.2, 0.25) is 11.8 Å². The van der Waals surface area contributed by atoms with E-state index in [1.807, 2.05) is 69.8 Å². The average Bonchev–Trinajstić information content (AvgIpc) is 2.57. The first-order valence-corrected chi connectivity index (χ1v) is 9.97. The summed E-state index contributed by atoms with van der Waals surface area (Å²) in [7, 11) is 3.99. The number of hydrogen-bond acceptors (Lipinski definition) is 3. The Morgan fingerprint density at radius 1 is 1.07 bits per heavy atom. The van der Waals surface area contributed by atoms with Crippen LogP contribution in [0.25, 0.3) is 0 Å². The number of amides is 2. The van der Waals surface area contributed by atoms with Crippen molar-refractivity contribution in [3.63, 3.8) is 0 Å². The molecule has 1 N–H and O–H groups in total. The maximum Gasteiger partial charge on any atom is 0.225 e. The van der Waals surface area contributed by atoms with E-state index in [0.29, 0.717) is 18.9 Å². The monoisotopic (exact) mass is 375 g/mol. The Hall–Kier alpha value is -2.04. The highest BCUT2D eigenvalue weighted by Gasteiger charge is 2.23. The van der Waals surface area contributed by atoms with Gasteiger partial charge in [0.25, 0.3) is 0 Å². The molecule has 1 unspecified atom stereocenters. The summed E-state index contributed by atoms with van der Waals surface area (Å²) in [6.07, 6.45) is 1.40. The Morgan fingerprint density at radius 3 is 2.19 bits per heavy atom. The predicted molar refractivity (Wildman–Crippen MR) is 114 cm³/mol. The quantitative estimate of drug-likeness (QED) is 0.690. The number of rotatable bonds is 9. The van der Waals surface area contributed by atoms with Crippen LogP contribution in [-0.2, 0) is 16.1 Å². The van der Waals surface area contributed by atoms with Gasteiger partial charge in [0.1, 0.15) is 0 Å². The van der Waals surface area contributed by atoms with Gasteiger partial charge in [-0.15, -0.1) is 0 Å². The molecule has 1 rings (SSSR count). The van der Waals surface area contributed by atoms with E-state index in [1.54, 1.807) is 0 Å². The van der Waals surface area contributed by atoms with Crippen molar-refractivity contribution >= 4 is 23.2 Å². The standard InChI is InChI=1S/C22H37N3O2/c1-9-17(6)25(22(27)16(4)5)14-18-13-19(10-11-20(18)24(7)8)23-21(26)12-15(2)3/h10-11,13,15-17H,9,12,14H2,1-8H3,(H,23,26). The Morgan fingerprint density at radius 2 is 1.70 bits per heavy atom. The maximum absolute atomic E-state index is 12.8. The van der Waals surface area contributed by atoms with Gasteiger partial charge in [0, 0.05) is 50.4 Å². The zero-order chi connectivity index (χ0) is 20.7. The van der Waals surface area contributed by atoms with Gasteiger partial charge in [-0.2, -0.15) is 0 Å². The van der Waals surface area contributed by atoms with Crippen molar-refractivity contribution in [2.75, 3.05) is 24.3 Å². The molecule has 5 heteroatoms. The molecule has 0 radical (unpaired) electrons. The smallest absolute Gasteiger partial charge is 0.225 e. The van der Waals surface area contributed by atoms with E-state index in [2.05, 4.69) is 19.2 Å². The van der Waals surface area contributed by atoms with Crippen LogP contribution >= 0.6 is 0 Å². The van der Waals surface area contributed by atoms with Crippen LogP contribution in [-0.4, -0.2) is 36.9 Å². The Kier molecular flexibility index (Phi) is 8.80. The fraction of sp³-hybridized carbons (Fsp3) is 0.636. The van der Waals surface area contributed by atoms with Crippen LogP contribution in [0.4, 0.5) is 11.4 Å². The van der Waals surface area contributed by atoms with Gasteiger partial charge < -0.3 is 15.1 Å². The summed E-state index contributed by atoms with van der Waals surface area (Å²) in [5.41, 5.74) is 2.88. The molecule has 5 nitrogen and oxygen atoms in total. The minimum Gasteiger partial charge on any atom is -0.377 e. The highest BCUT2D eigenvalue weighted by Crippen LogP contribution is 2.26. The van der Waals surface area contributed by atoms with E-state index in [9.17, 15) is 9.59 Å². The lowest BCUT2D eigenvalue weighted by molar-refractivity contribution is -0.137. The Labute approximate surface area is 165 Å². The van der Waals surface area contributed by atoms with Crippen molar-refractivity contribution in [2.24, 2.45) is 11.8 Å². The van der Waals surface area contributed by atoms with Gasteiger partial charge in [-0.05, 0) is 43.0 Å². The van der Waals surface area contributed by atoms with Gasteiger partial charge in [-0.25, -0.2) is 0 Å². The molecule has 0 saturated carbocycles. The molecule has 1 atom stereocenters. The highest BCUT2D eigenvalue weighted by atomic mass is 16.2. The maximum atomic E-state index is 12.8. The third-order valence-electron chi connectivity index (χ3n) is 4.68. The first-order valence-electron chi connectivity index (χ1n) is 9.97. The van der Waals surface area contributed by atoms with Crippen LogP contribution in [0.3, 0.4) is 0 Å². The molecule has 0 fully saturated rings. The molecule has 0 bridgehead atoms. The largest absolute Gasteiger partial charge is 0.377 e. The van der Waals surface area contributed by atoms with Crippen molar-refractivity contribution in [3.8, 4) is 0 Å². The number of anilines is 2. The normalized spacial score (nSPS) is 12.2. The summed E-state index contributed by atoms with van der Waals surface area (Å²) in [6.45, 7) is 12.7. The van der Waals surface area contributed by atoms with E-state index < -0.39 is 0 Å². The number of carbonyl (C=O) groups is 2. The van der Waals surface area contributed by atoms with Gasteiger partial charge in [0.05, 0.1) is 0 Å². The minimum atomic E-state index is -0.0456. The number of nitrogens with zero attached hydrogens (tertiary/aromatic N) is 2. The third kappa shape index (κ3) is 6.89. The molecule has 152 valence electrons. The Balaban J connectivity index is 3.18. The van der Waals surface area contributed by atoms with Crippen LogP contribution < -0.4 is 10.2 Å². The molecule has 0 saturated heterocycles. The first kappa shape index (κ1) is 23.0. The second-order valence-electron chi connectivity index (χ2n) is 8.26. The topological polar surface area (TPSA) is 52.7 Å². The zero-order valence-electron chi connectivity index (χ0n) is 18.3. The van der Waals surface area contributed by atoms with Crippen molar-refractivity contribution in [2.45, 2.75) is 67.0 Å². The van der Waals surface area contributed by atoms with Gasteiger partial charge >= 0.3 is 0 Å². The number of benzene rings is 1. The molecule has 27 heavy (non-hydrogen) atoms. The summed E-state index contributed by atoms with van der Waals surface area (Å²) >= 11 is 0. The molecular weight excluding hydrogens is 338 g/mol. The van der Waals surface area contributed by atoms with E-state index in [-0.39, 0.29) is 23.8 Å². The predicted octanol–water partition coefficient (Wildman–Crippen LogP) is 4.52. The summed E-state index contributed by atoms with van der Waals surface area (Å²) < 4.78 is 0. The lowest BCUT2D eigenvalue weighted by Crippen LogP contribution is -2.40. The number of nitrogens with one attached hydrogen (secondary N) is 1. The molecular formula is C22H37N3O2. The molecule has 1 aromatic rings. The molecule has 0 heterocycles. The molecule has 0 aliphatic heterocycles. The van der Waals surface area contributed by atoms with Crippen molar-refractivity contribution < 1.29 is 9.59 Å². The van der Waals surface area contributed by atoms with E-state index in [0.717, 1.165) is 23.4 Å². The molecule has 0 aromatic heterocycles. The summed E-state index contributed by atoms with van der Waals surface area (Å²) in [6, 6.07) is 6.09. The highest BCUT2D eigenvalue weighted by molar-refractivity contribution is 5.91. The summed E-state index contributed by atoms with van der Waals surface area (Å²) in [4.78, 5) is 28.9. The van der Waals surface area contributed by atoms with Crippen molar-refractivity contribution in [3.05, 3.63) is 23.8 Å². The molecule has 0 aliphatic carbocycles. The first-order chi connectivity index (χ1) is 12.6. The van der Waals surface area contributed by atoms with Crippen molar-refractivity contribution in [1.29, 1.82) is 0 Å². The van der Waals surface area contributed by atoms with Crippen LogP contribution in [0.5, 0.6) is 0 Å². The van der Waals surface area contributed by atoms with Gasteiger partial charge in [-0.1, -0.05) is 34.6 Å². The summed E-state index contributed by atoms with van der Waals surface area (Å²) in [5, 5.41) is 2.99. The zero-order valence-corrected chi connectivity index (χ0v) is 18.3. The average molecular weight is 376 g/mol. The van der Waals surface area contributed by atoms with Crippen LogP contribution in [0.2, 0.25) is 0 Å². The van der Waals surface area contributed by atoms with E-state index >= 15 is 0 Å². The van der Waals surface area contributed by atoms with Crippen LogP contribution in [0.1, 0.15) is 59.9 Å². The van der Waals surface area contributed by atoms with Crippen LogP contribution in [0.15, 0.2) is 18.2 Å². The van der Waals surface area contributed by atoms with Gasteiger partial charge in [0.15, 0.2) is 0 Å².